The summed E-state index contributed by atoms with van der Waals surface area (Å²) < 4.78 is 98.8. The summed E-state index contributed by atoms with van der Waals surface area (Å²) in [6.45, 7) is -2.89. The first-order valence-electron chi connectivity index (χ1n) is 15.3. The molecule has 0 N–H and O–H groups in total. The Morgan fingerprint density at radius 2 is 1.88 bits per heavy atom. The van der Waals surface area contributed by atoms with Crippen LogP contribution in [0.25, 0.3) is 0 Å². The molecule has 2 aromatic carbocycles. The third-order valence-electron chi connectivity index (χ3n) is 6.61. The van der Waals surface area contributed by atoms with Gasteiger partial charge in [0.2, 0.25) is 0 Å². The monoisotopic (exact) mass is 479 g/mol. The minimum Gasteiger partial charge on any atom is -0.391 e. The molecule has 2 fully saturated rings. The van der Waals surface area contributed by atoms with Crippen LogP contribution in [0.4, 0.5) is 13.2 Å². The van der Waals surface area contributed by atoms with Crippen LogP contribution in [0, 0.1) is 0 Å². The summed E-state index contributed by atoms with van der Waals surface area (Å²) in [5.74, 6) is -0.115. The summed E-state index contributed by atoms with van der Waals surface area (Å²) in [4.78, 5) is 6.89. The molecule has 0 radical (unpaired) electrons. The van der Waals surface area contributed by atoms with Gasteiger partial charge in [-0.3, -0.25) is 4.90 Å². The Bertz CT molecular complexity index is 1270. The van der Waals surface area contributed by atoms with E-state index in [9.17, 15) is 13.2 Å². The minimum absolute atomic E-state index is 0.0754. The number of rotatable bonds is 8. The Balaban J connectivity index is 1.58. The smallest absolute Gasteiger partial charge is 0.391 e. The lowest BCUT2D eigenvalue weighted by atomic mass is 9.81. The summed E-state index contributed by atoms with van der Waals surface area (Å²) in [6.07, 6.45) is -2.21. The van der Waals surface area contributed by atoms with E-state index >= 15 is 0 Å². The van der Waals surface area contributed by atoms with Crippen molar-refractivity contribution in [2.24, 2.45) is 5.16 Å². The number of nitrogens with zero attached hydrogens (tertiary/aromatic N) is 2. The molecule has 0 unspecified atom stereocenters. The average Bonchev–Trinajstić information content (AvgIpc) is 2.86. The highest BCUT2D eigenvalue weighted by Crippen LogP contribution is 2.41. The lowest BCUT2D eigenvalue weighted by molar-refractivity contribution is -0.138. The van der Waals surface area contributed by atoms with Crippen LogP contribution >= 0.6 is 0 Å². The van der Waals surface area contributed by atoms with Crippen molar-refractivity contribution in [1.82, 2.24) is 4.90 Å². The van der Waals surface area contributed by atoms with Crippen molar-refractivity contribution in [2.45, 2.75) is 83.9 Å². The number of hydrogen-bond acceptors (Lipinski definition) is 3. The SMILES string of the molecule is [2H]C([2H])(c1ccc(/C(C)=N/OCc2ccc(C3CCCCC3)c(C(F)(F)F)c2)cc1C([2H])([2H])C([2H])([2H])[2H])N1CCC1. The molecule has 1 heterocycles. The van der Waals surface area contributed by atoms with Gasteiger partial charge in [-0.1, -0.05) is 55.5 Å². The average molecular weight is 480 g/mol. The van der Waals surface area contributed by atoms with E-state index in [1.54, 1.807) is 13.0 Å². The highest BCUT2D eigenvalue weighted by molar-refractivity contribution is 5.98. The van der Waals surface area contributed by atoms with Crippen LogP contribution in [-0.2, 0) is 30.5 Å². The molecule has 1 saturated heterocycles. The number of oxime groups is 1. The van der Waals surface area contributed by atoms with Gasteiger partial charge in [0.15, 0.2) is 0 Å². The largest absolute Gasteiger partial charge is 0.416 e. The Morgan fingerprint density at radius 1 is 1.09 bits per heavy atom. The molecule has 2 aromatic rings. The van der Waals surface area contributed by atoms with E-state index in [-0.39, 0.29) is 29.4 Å². The maximum absolute atomic E-state index is 13.9. The summed E-state index contributed by atoms with van der Waals surface area (Å²) >= 11 is 0. The van der Waals surface area contributed by atoms with Crippen LogP contribution in [-0.4, -0.2) is 23.7 Å². The first-order valence-corrected chi connectivity index (χ1v) is 11.8. The summed E-state index contributed by atoms with van der Waals surface area (Å²) in [6, 6.07) is 8.38. The fourth-order valence-corrected chi connectivity index (χ4v) is 4.53. The zero-order valence-corrected chi connectivity index (χ0v) is 19.3. The third kappa shape index (κ3) is 6.01. The Morgan fingerprint density at radius 3 is 2.56 bits per heavy atom. The zero-order chi connectivity index (χ0) is 30.2. The van der Waals surface area contributed by atoms with E-state index in [4.69, 9.17) is 14.4 Å². The van der Waals surface area contributed by atoms with E-state index in [0.29, 0.717) is 29.8 Å². The fraction of sp³-hybridized carbons (Fsp3) is 0.536. The molecule has 0 aromatic heterocycles. The Labute approximate surface area is 210 Å². The second-order valence-electron chi connectivity index (χ2n) is 9.04. The highest BCUT2D eigenvalue weighted by Gasteiger charge is 2.35. The summed E-state index contributed by atoms with van der Waals surface area (Å²) in [5.41, 5.74) is 0.108. The predicted octanol–water partition coefficient (Wildman–Crippen LogP) is 7.46. The van der Waals surface area contributed by atoms with Gasteiger partial charge < -0.3 is 4.84 Å². The van der Waals surface area contributed by atoms with Crippen LogP contribution in [0.2, 0.25) is 0 Å². The quantitative estimate of drug-likeness (QED) is 0.290. The van der Waals surface area contributed by atoms with Gasteiger partial charge in [0.1, 0.15) is 6.61 Å². The second kappa shape index (κ2) is 10.9. The van der Waals surface area contributed by atoms with Crippen molar-refractivity contribution in [3.8, 4) is 0 Å². The molecule has 1 aliphatic heterocycles. The molecule has 0 spiro atoms. The molecule has 6 heteroatoms. The summed E-state index contributed by atoms with van der Waals surface area (Å²) in [5, 5.41) is 4.00. The Kier molecular flexibility index (Phi) is 5.52. The van der Waals surface area contributed by atoms with Crippen molar-refractivity contribution in [3.05, 3.63) is 69.8 Å². The first kappa shape index (κ1) is 17.1. The van der Waals surface area contributed by atoms with Crippen LogP contribution < -0.4 is 0 Å². The zero-order valence-electron chi connectivity index (χ0n) is 26.3. The van der Waals surface area contributed by atoms with E-state index < -0.39 is 31.5 Å². The summed E-state index contributed by atoms with van der Waals surface area (Å²) in [7, 11) is 0. The van der Waals surface area contributed by atoms with Crippen molar-refractivity contribution >= 4 is 5.71 Å². The van der Waals surface area contributed by atoms with E-state index in [1.807, 2.05) is 0 Å². The molecular weight excluding hydrogens is 437 g/mol. The molecule has 0 amide bonds. The fourth-order valence-electron chi connectivity index (χ4n) is 4.53. The third-order valence-corrected chi connectivity index (χ3v) is 6.61. The van der Waals surface area contributed by atoms with Crippen LogP contribution in [0.5, 0.6) is 0 Å². The predicted molar refractivity (Wildman–Crippen MR) is 130 cm³/mol. The van der Waals surface area contributed by atoms with Crippen molar-refractivity contribution < 1.29 is 27.6 Å². The van der Waals surface area contributed by atoms with Gasteiger partial charge in [0, 0.05) is 16.1 Å². The molecule has 0 atom stereocenters. The maximum atomic E-state index is 13.9. The maximum Gasteiger partial charge on any atom is 0.416 e. The van der Waals surface area contributed by atoms with Gasteiger partial charge in [0.25, 0.3) is 0 Å². The van der Waals surface area contributed by atoms with Gasteiger partial charge in [0.05, 0.1) is 11.3 Å². The number of halogens is 3. The topological polar surface area (TPSA) is 24.8 Å². The Hall–Kier alpha value is -2.34. The highest BCUT2D eigenvalue weighted by atomic mass is 19.4. The minimum atomic E-state index is -4.50. The van der Waals surface area contributed by atoms with Gasteiger partial charge >= 0.3 is 6.18 Å². The van der Waals surface area contributed by atoms with E-state index in [1.165, 1.54) is 29.2 Å². The lowest BCUT2D eigenvalue weighted by Gasteiger charge is -2.31. The molecule has 184 valence electrons. The number of alkyl halides is 3. The number of likely N-dealkylation sites (tertiary alicyclic amines) is 1. The van der Waals surface area contributed by atoms with Gasteiger partial charge in [-0.2, -0.15) is 13.2 Å². The first-order chi connectivity index (χ1) is 19.0. The molecule has 1 saturated carbocycles. The molecule has 0 bridgehead atoms. The van der Waals surface area contributed by atoms with E-state index in [2.05, 4.69) is 5.16 Å². The molecule has 4 rings (SSSR count). The molecule has 3 nitrogen and oxygen atoms in total. The normalized spacial score (nSPS) is 22.4. The number of aryl methyl sites for hydroxylation is 1. The second-order valence-corrected chi connectivity index (χ2v) is 9.04. The van der Waals surface area contributed by atoms with Crippen LogP contribution in [0.1, 0.15) is 101 Å². The molecular formula is C28H35F3N2O. The molecule has 34 heavy (non-hydrogen) atoms. The standard InChI is InChI=1S/C28H35F3N2O/c1-3-22-17-24(11-12-25(22)18-33-14-7-15-33)20(2)32-34-19-21-10-13-26(23-8-5-4-6-9-23)27(16-21)28(29,30)31/h10-13,16-17,23H,3-9,14-15,18-19H2,1-2H3/b32-20+/i1D3,3D2,18D2. The lowest BCUT2D eigenvalue weighted by Crippen LogP contribution is -2.36. The van der Waals surface area contributed by atoms with Crippen molar-refractivity contribution in [1.29, 1.82) is 0 Å². The molecule has 1 aliphatic carbocycles. The van der Waals surface area contributed by atoms with Crippen molar-refractivity contribution in [2.75, 3.05) is 13.1 Å². The van der Waals surface area contributed by atoms with Gasteiger partial charge in [-0.25, -0.2) is 0 Å². The number of benzene rings is 2. The van der Waals surface area contributed by atoms with Crippen molar-refractivity contribution in [3.63, 3.8) is 0 Å². The van der Waals surface area contributed by atoms with Crippen LogP contribution in [0.3, 0.4) is 0 Å². The molecule has 2 aliphatic rings. The number of hydrogen-bond donors (Lipinski definition) is 0. The van der Waals surface area contributed by atoms with E-state index in [0.717, 1.165) is 44.6 Å². The van der Waals surface area contributed by atoms with Gasteiger partial charge in [-0.05, 0) is 91.5 Å². The van der Waals surface area contributed by atoms with Gasteiger partial charge in [-0.15, -0.1) is 0 Å². The van der Waals surface area contributed by atoms with Crippen LogP contribution in [0.15, 0.2) is 41.6 Å².